The highest BCUT2D eigenvalue weighted by Crippen LogP contribution is 2.22. The van der Waals surface area contributed by atoms with Gasteiger partial charge < -0.3 is 10.2 Å². The third-order valence-electron chi connectivity index (χ3n) is 5.07. The maximum Gasteiger partial charge on any atom is 0.244 e. The van der Waals surface area contributed by atoms with Gasteiger partial charge in [0.15, 0.2) is 0 Å². The highest BCUT2D eigenvalue weighted by Gasteiger charge is 2.30. The molecule has 33 heavy (non-hydrogen) atoms. The van der Waals surface area contributed by atoms with Gasteiger partial charge in [0.05, 0.1) is 11.9 Å². The quantitative estimate of drug-likeness (QED) is 0.481. The largest absolute Gasteiger partial charge is 0.354 e. The Morgan fingerprint density at radius 3 is 2.45 bits per heavy atom. The van der Waals surface area contributed by atoms with Crippen molar-refractivity contribution in [3.05, 3.63) is 64.9 Å². The van der Waals surface area contributed by atoms with Gasteiger partial charge in [-0.05, 0) is 43.2 Å². The van der Waals surface area contributed by atoms with Crippen LogP contribution in [0.5, 0.6) is 0 Å². The van der Waals surface area contributed by atoms with Crippen molar-refractivity contribution in [1.82, 2.24) is 10.2 Å². The molecule has 0 aliphatic rings. The van der Waals surface area contributed by atoms with Crippen LogP contribution in [0.25, 0.3) is 0 Å². The first-order valence-corrected chi connectivity index (χ1v) is 12.8. The van der Waals surface area contributed by atoms with Crippen LogP contribution >= 0.6 is 11.6 Å². The Morgan fingerprint density at radius 2 is 1.85 bits per heavy atom. The highest BCUT2D eigenvalue weighted by molar-refractivity contribution is 7.92. The maximum atomic E-state index is 13.7. The van der Waals surface area contributed by atoms with Crippen LogP contribution in [-0.4, -0.2) is 50.5 Å². The van der Waals surface area contributed by atoms with E-state index in [1.54, 1.807) is 31.2 Å². The predicted octanol–water partition coefficient (Wildman–Crippen LogP) is 3.58. The zero-order chi connectivity index (χ0) is 24.6. The number of halogens is 2. The molecule has 2 rings (SSSR count). The minimum absolute atomic E-state index is 0.00161. The van der Waals surface area contributed by atoms with Gasteiger partial charge in [-0.2, -0.15) is 0 Å². The molecule has 0 fully saturated rings. The summed E-state index contributed by atoms with van der Waals surface area (Å²) >= 11 is 6.26. The zero-order valence-electron chi connectivity index (χ0n) is 18.9. The van der Waals surface area contributed by atoms with Crippen LogP contribution in [0, 0.1) is 5.82 Å². The first kappa shape index (κ1) is 26.6. The molecule has 0 aromatic heterocycles. The molecule has 0 saturated heterocycles. The van der Waals surface area contributed by atoms with Crippen LogP contribution in [0.15, 0.2) is 48.5 Å². The number of carbonyl (C=O) groups excluding carboxylic acids is 2. The number of nitrogens with one attached hydrogen (secondary N) is 1. The van der Waals surface area contributed by atoms with Crippen molar-refractivity contribution in [3.8, 4) is 0 Å². The van der Waals surface area contributed by atoms with Gasteiger partial charge in [-0.3, -0.25) is 13.9 Å². The van der Waals surface area contributed by atoms with Crippen LogP contribution in [-0.2, 0) is 26.2 Å². The third kappa shape index (κ3) is 7.71. The Bertz CT molecular complexity index is 1080. The Morgan fingerprint density at radius 1 is 1.15 bits per heavy atom. The number of unbranched alkanes of at least 4 members (excludes halogenated alkanes) is 1. The van der Waals surface area contributed by atoms with E-state index in [2.05, 4.69) is 5.32 Å². The summed E-state index contributed by atoms with van der Waals surface area (Å²) in [6.07, 6.45) is 2.62. The molecular formula is C23H29ClFN3O4S. The van der Waals surface area contributed by atoms with Crippen LogP contribution in [0.2, 0.25) is 5.02 Å². The standard InChI is InChI=1S/C23H29ClFN3O4S/c1-4-5-13-26-23(30)17(2)27(15-18-9-6-7-12-21(18)24)22(29)16-28(33(3,31)32)20-11-8-10-19(25)14-20/h6-12,14,17H,4-5,13,15-16H2,1-3H3,(H,26,30)/t17-/m0/s1. The Hall–Kier alpha value is -2.65. The van der Waals surface area contributed by atoms with Gasteiger partial charge in [0.1, 0.15) is 18.4 Å². The van der Waals surface area contributed by atoms with Gasteiger partial charge in [0.2, 0.25) is 21.8 Å². The van der Waals surface area contributed by atoms with E-state index in [9.17, 15) is 22.4 Å². The fourth-order valence-corrected chi connectivity index (χ4v) is 4.21. The molecule has 180 valence electrons. The van der Waals surface area contributed by atoms with Crippen LogP contribution in [0.4, 0.5) is 10.1 Å². The molecule has 0 radical (unpaired) electrons. The maximum absolute atomic E-state index is 13.7. The summed E-state index contributed by atoms with van der Waals surface area (Å²) in [5.74, 6) is -1.62. The normalized spacial score (nSPS) is 12.2. The number of anilines is 1. The van der Waals surface area contributed by atoms with E-state index in [0.717, 1.165) is 29.5 Å². The molecule has 1 N–H and O–H groups in total. The molecule has 10 heteroatoms. The van der Waals surface area contributed by atoms with Crippen molar-refractivity contribution in [2.45, 2.75) is 39.3 Å². The number of benzene rings is 2. The second kappa shape index (κ2) is 12.0. The number of hydrogen-bond donors (Lipinski definition) is 1. The average molecular weight is 498 g/mol. The fraction of sp³-hybridized carbons (Fsp3) is 0.391. The summed E-state index contributed by atoms with van der Waals surface area (Å²) in [7, 11) is -3.92. The molecule has 7 nitrogen and oxygen atoms in total. The van der Waals surface area contributed by atoms with E-state index in [0.29, 0.717) is 17.1 Å². The molecular weight excluding hydrogens is 469 g/mol. The molecule has 0 heterocycles. The number of sulfonamides is 1. The van der Waals surface area contributed by atoms with Crippen molar-refractivity contribution in [2.75, 3.05) is 23.7 Å². The number of rotatable bonds is 11. The van der Waals surface area contributed by atoms with Crippen LogP contribution in [0.1, 0.15) is 32.3 Å². The Labute approximate surface area is 199 Å². The minimum atomic E-state index is -3.92. The summed E-state index contributed by atoms with van der Waals surface area (Å²) < 4.78 is 39.4. The van der Waals surface area contributed by atoms with E-state index in [-0.39, 0.29) is 18.1 Å². The molecule has 0 saturated carbocycles. The fourth-order valence-electron chi connectivity index (χ4n) is 3.17. The van der Waals surface area contributed by atoms with Crippen molar-refractivity contribution in [2.24, 2.45) is 0 Å². The second-order valence-electron chi connectivity index (χ2n) is 7.68. The number of amides is 2. The molecule has 0 aliphatic carbocycles. The Kier molecular flexibility index (Phi) is 9.67. The summed E-state index contributed by atoms with van der Waals surface area (Å²) in [6, 6.07) is 11.0. The number of carbonyl (C=O) groups is 2. The van der Waals surface area contributed by atoms with E-state index in [1.165, 1.54) is 23.1 Å². The van der Waals surface area contributed by atoms with Crippen molar-refractivity contribution in [1.29, 1.82) is 0 Å². The number of hydrogen-bond acceptors (Lipinski definition) is 4. The molecule has 0 bridgehead atoms. The molecule has 0 spiro atoms. The average Bonchev–Trinajstić information content (AvgIpc) is 2.75. The first-order chi connectivity index (χ1) is 15.5. The van der Waals surface area contributed by atoms with Crippen LogP contribution in [0.3, 0.4) is 0 Å². The molecule has 2 aromatic rings. The number of nitrogens with zero attached hydrogens (tertiary/aromatic N) is 2. The van der Waals surface area contributed by atoms with E-state index < -0.39 is 34.3 Å². The SMILES string of the molecule is CCCCNC(=O)[C@H](C)N(Cc1ccccc1Cl)C(=O)CN(c1cccc(F)c1)S(C)(=O)=O. The predicted molar refractivity (Wildman–Crippen MR) is 128 cm³/mol. The Balaban J connectivity index is 2.36. The van der Waals surface area contributed by atoms with Gasteiger partial charge >= 0.3 is 0 Å². The van der Waals surface area contributed by atoms with Gasteiger partial charge in [-0.25, -0.2) is 12.8 Å². The van der Waals surface area contributed by atoms with Crippen molar-refractivity contribution in [3.63, 3.8) is 0 Å². The van der Waals surface area contributed by atoms with E-state index >= 15 is 0 Å². The van der Waals surface area contributed by atoms with Gasteiger partial charge in [-0.1, -0.05) is 49.2 Å². The molecule has 0 unspecified atom stereocenters. The minimum Gasteiger partial charge on any atom is -0.354 e. The third-order valence-corrected chi connectivity index (χ3v) is 6.58. The van der Waals surface area contributed by atoms with Crippen LogP contribution < -0.4 is 9.62 Å². The first-order valence-electron chi connectivity index (χ1n) is 10.6. The van der Waals surface area contributed by atoms with E-state index in [1.807, 2.05) is 6.92 Å². The lowest BCUT2D eigenvalue weighted by atomic mass is 10.1. The summed E-state index contributed by atoms with van der Waals surface area (Å²) in [6.45, 7) is 3.44. The summed E-state index contributed by atoms with van der Waals surface area (Å²) in [5.41, 5.74) is 0.626. The molecule has 2 aromatic carbocycles. The summed E-state index contributed by atoms with van der Waals surface area (Å²) in [5, 5.41) is 3.21. The van der Waals surface area contributed by atoms with Gasteiger partial charge in [-0.15, -0.1) is 0 Å². The van der Waals surface area contributed by atoms with Gasteiger partial charge in [0.25, 0.3) is 0 Å². The van der Waals surface area contributed by atoms with Crippen molar-refractivity contribution >= 4 is 39.1 Å². The smallest absolute Gasteiger partial charge is 0.244 e. The van der Waals surface area contributed by atoms with Gasteiger partial charge in [0, 0.05) is 18.1 Å². The van der Waals surface area contributed by atoms with Crippen molar-refractivity contribution < 1.29 is 22.4 Å². The lowest BCUT2D eigenvalue weighted by Crippen LogP contribution is -2.51. The highest BCUT2D eigenvalue weighted by atomic mass is 35.5. The topological polar surface area (TPSA) is 86.8 Å². The lowest BCUT2D eigenvalue weighted by Gasteiger charge is -2.31. The lowest BCUT2D eigenvalue weighted by molar-refractivity contribution is -0.139. The molecule has 0 aliphatic heterocycles. The molecule has 1 atom stereocenters. The van der Waals surface area contributed by atoms with E-state index in [4.69, 9.17) is 11.6 Å². The zero-order valence-corrected chi connectivity index (χ0v) is 20.5. The monoisotopic (exact) mass is 497 g/mol. The molecule has 2 amide bonds. The summed E-state index contributed by atoms with van der Waals surface area (Å²) in [4.78, 5) is 27.3. The second-order valence-corrected chi connectivity index (χ2v) is 10.00.